The number of hydrogen-bond donors (Lipinski definition) is 2. The van der Waals surface area contributed by atoms with Crippen LogP contribution in [0, 0.1) is 5.41 Å². The first kappa shape index (κ1) is 15.8. The normalized spacial score (nSPS) is 21.6. The quantitative estimate of drug-likeness (QED) is 0.885. The van der Waals surface area contributed by atoms with E-state index in [-0.39, 0.29) is 23.7 Å². The third kappa shape index (κ3) is 3.85. The molecule has 0 bridgehead atoms. The first-order chi connectivity index (χ1) is 8.64. The van der Waals surface area contributed by atoms with E-state index < -0.39 is 0 Å². The Labute approximate surface area is 120 Å². The molecule has 1 atom stereocenters. The first-order valence-corrected chi connectivity index (χ1v) is 6.26. The third-order valence-corrected chi connectivity index (χ3v) is 3.53. The summed E-state index contributed by atoms with van der Waals surface area (Å²) in [6.45, 7) is 4.27. The molecule has 19 heavy (non-hydrogen) atoms. The van der Waals surface area contributed by atoms with Crippen LogP contribution < -0.4 is 15.4 Å². The lowest BCUT2D eigenvalue weighted by molar-refractivity contribution is -0.129. The Morgan fingerprint density at radius 2 is 2.11 bits per heavy atom. The monoisotopic (exact) mass is 284 g/mol. The van der Waals surface area contributed by atoms with E-state index in [1.807, 2.05) is 31.2 Å². The van der Waals surface area contributed by atoms with Gasteiger partial charge in [-0.25, -0.2) is 0 Å². The predicted octanol–water partition coefficient (Wildman–Crippen LogP) is 1.73. The van der Waals surface area contributed by atoms with Gasteiger partial charge in [-0.3, -0.25) is 4.79 Å². The Balaban J connectivity index is 0.00000180. The minimum Gasteiger partial charge on any atom is -0.497 e. The third-order valence-electron chi connectivity index (χ3n) is 3.53. The fraction of sp³-hybridized carbons (Fsp3) is 0.500. The van der Waals surface area contributed by atoms with E-state index in [1.165, 1.54) is 0 Å². The molecule has 0 radical (unpaired) electrons. The van der Waals surface area contributed by atoms with Crippen molar-refractivity contribution in [2.75, 3.05) is 20.2 Å². The van der Waals surface area contributed by atoms with Gasteiger partial charge in [0.1, 0.15) is 5.75 Å². The number of nitrogens with one attached hydrogen (secondary N) is 2. The van der Waals surface area contributed by atoms with E-state index in [0.29, 0.717) is 6.54 Å². The molecule has 1 saturated heterocycles. The predicted molar refractivity (Wildman–Crippen MR) is 77.7 cm³/mol. The van der Waals surface area contributed by atoms with E-state index in [0.717, 1.165) is 30.8 Å². The number of amides is 1. The molecule has 1 aliphatic rings. The summed E-state index contributed by atoms with van der Waals surface area (Å²) in [5, 5.41) is 6.23. The molecular formula is C14H21ClN2O2. The van der Waals surface area contributed by atoms with Gasteiger partial charge in [0.2, 0.25) is 5.91 Å². The molecule has 2 N–H and O–H groups in total. The highest BCUT2D eigenvalue weighted by molar-refractivity contribution is 5.85. The van der Waals surface area contributed by atoms with Gasteiger partial charge in [0.05, 0.1) is 12.5 Å². The molecule has 1 aromatic carbocycles. The van der Waals surface area contributed by atoms with Crippen LogP contribution in [0.4, 0.5) is 0 Å². The van der Waals surface area contributed by atoms with E-state index in [9.17, 15) is 4.79 Å². The highest BCUT2D eigenvalue weighted by atomic mass is 35.5. The van der Waals surface area contributed by atoms with Gasteiger partial charge in [-0.15, -0.1) is 12.4 Å². The number of ether oxygens (including phenoxy) is 1. The summed E-state index contributed by atoms with van der Waals surface area (Å²) in [4.78, 5) is 12.1. The zero-order chi connectivity index (χ0) is 13.0. The molecule has 0 spiro atoms. The molecule has 1 aliphatic heterocycles. The number of rotatable bonds is 4. The largest absolute Gasteiger partial charge is 0.497 e. The van der Waals surface area contributed by atoms with Crippen LogP contribution in [-0.4, -0.2) is 26.1 Å². The van der Waals surface area contributed by atoms with Crippen molar-refractivity contribution in [3.05, 3.63) is 29.8 Å². The maximum atomic E-state index is 12.1. The van der Waals surface area contributed by atoms with Gasteiger partial charge in [0.25, 0.3) is 0 Å². The molecule has 1 heterocycles. The van der Waals surface area contributed by atoms with Crippen molar-refractivity contribution in [3.8, 4) is 5.75 Å². The standard InChI is InChI=1S/C14H20N2O2.ClH/c1-14(7-8-15-10-14)13(17)16-9-11-3-5-12(18-2)6-4-11;/h3-6,15H,7-10H2,1-2H3,(H,16,17);1H. The summed E-state index contributed by atoms with van der Waals surface area (Å²) < 4.78 is 5.10. The number of carbonyl (C=O) groups excluding carboxylic acids is 1. The molecule has 2 rings (SSSR count). The lowest BCUT2D eigenvalue weighted by Crippen LogP contribution is -2.39. The van der Waals surface area contributed by atoms with E-state index in [2.05, 4.69) is 10.6 Å². The summed E-state index contributed by atoms with van der Waals surface area (Å²) in [6, 6.07) is 7.74. The summed E-state index contributed by atoms with van der Waals surface area (Å²) in [5.41, 5.74) is 0.825. The van der Waals surface area contributed by atoms with Crippen molar-refractivity contribution in [1.29, 1.82) is 0 Å². The average molecular weight is 285 g/mol. The molecule has 1 fully saturated rings. The van der Waals surface area contributed by atoms with Gasteiger partial charge in [0, 0.05) is 13.1 Å². The van der Waals surface area contributed by atoms with Gasteiger partial charge in [-0.2, -0.15) is 0 Å². The molecule has 0 aromatic heterocycles. The van der Waals surface area contributed by atoms with Crippen LogP contribution in [0.1, 0.15) is 18.9 Å². The molecule has 0 aliphatic carbocycles. The smallest absolute Gasteiger partial charge is 0.227 e. The summed E-state index contributed by atoms with van der Waals surface area (Å²) in [6.07, 6.45) is 0.904. The second kappa shape index (κ2) is 6.78. The fourth-order valence-corrected chi connectivity index (χ4v) is 2.15. The number of halogens is 1. The maximum absolute atomic E-state index is 12.1. The Kier molecular flexibility index (Phi) is 5.63. The van der Waals surface area contributed by atoms with Gasteiger partial charge in [0.15, 0.2) is 0 Å². The Morgan fingerprint density at radius 1 is 1.42 bits per heavy atom. The average Bonchev–Trinajstić information content (AvgIpc) is 2.85. The van der Waals surface area contributed by atoms with Gasteiger partial charge < -0.3 is 15.4 Å². The molecule has 1 unspecified atom stereocenters. The van der Waals surface area contributed by atoms with Crippen LogP contribution in [0.2, 0.25) is 0 Å². The summed E-state index contributed by atoms with van der Waals surface area (Å²) >= 11 is 0. The number of methoxy groups -OCH3 is 1. The van der Waals surface area contributed by atoms with Crippen LogP contribution in [0.3, 0.4) is 0 Å². The van der Waals surface area contributed by atoms with E-state index in [4.69, 9.17) is 4.74 Å². The lowest BCUT2D eigenvalue weighted by atomic mass is 9.89. The Bertz CT molecular complexity index is 414. The summed E-state index contributed by atoms with van der Waals surface area (Å²) in [5.74, 6) is 0.959. The molecule has 106 valence electrons. The van der Waals surface area contributed by atoms with Gasteiger partial charge in [-0.05, 0) is 37.6 Å². The first-order valence-electron chi connectivity index (χ1n) is 6.26. The topological polar surface area (TPSA) is 50.4 Å². The molecule has 0 saturated carbocycles. The van der Waals surface area contributed by atoms with Gasteiger partial charge >= 0.3 is 0 Å². The Morgan fingerprint density at radius 3 is 2.63 bits per heavy atom. The number of hydrogen-bond acceptors (Lipinski definition) is 3. The minimum absolute atomic E-state index is 0. The van der Waals surface area contributed by atoms with Crippen molar-refractivity contribution < 1.29 is 9.53 Å². The molecule has 1 aromatic rings. The lowest BCUT2D eigenvalue weighted by Gasteiger charge is -2.21. The molecule has 4 nitrogen and oxygen atoms in total. The Hall–Kier alpha value is -1.26. The van der Waals surface area contributed by atoms with Crippen molar-refractivity contribution in [2.45, 2.75) is 19.9 Å². The van der Waals surface area contributed by atoms with E-state index >= 15 is 0 Å². The minimum atomic E-state index is -0.257. The van der Waals surface area contributed by atoms with Crippen molar-refractivity contribution >= 4 is 18.3 Å². The molecule has 5 heteroatoms. The van der Waals surface area contributed by atoms with Crippen molar-refractivity contribution in [2.24, 2.45) is 5.41 Å². The van der Waals surface area contributed by atoms with Crippen LogP contribution in [0.25, 0.3) is 0 Å². The van der Waals surface area contributed by atoms with Crippen LogP contribution in [0.5, 0.6) is 5.75 Å². The second-order valence-corrected chi connectivity index (χ2v) is 5.02. The van der Waals surface area contributed by atoms with E-state index in [1.54, 1.807) is 7.11 Å². The highest BCUT2D eigenvalue weighted by Gasteiger charge is 2.35. The zero-order valence-corrected chi connectivity index (χ0v) is 12.2. The van der Waals surface area contributed by atoms with Gasteiger partial charge in [-0.1, -0.05) is 12.1 Å². The van der Waals surface area contributed by atoms with Crippen LogP contribution >= 0.6 is 12.4 Å². The number of benzene rings is 1. The maximum Gasteiger partial charge on any atom is 0.227 e. The molecular weight excluding hydrogens is 264 g/mol. The highest BCUT2D eigenvalue weighted by Crippen LogP contribution is 2.24. The second-order valence-electron chi connectivity index (χ2n) is 5.02. The fourth-order valence-electron chi connectivity index (χ4n) is 2.15. The van der Waals surface area contributed by atoms with Crippen molar-refractivity contribution in [1.82, 2.24) is 10.6 Å². The SMILES string of the molecule is COc1ccc(CNC(=O)C2(C)CCNC2)cc1.Cl. The molecule has 1 amide bonds. The van der Waals surface area contributed by atoms with Crippen molar-refractivity contribution in [3.63, 3.8) is 0 Å². The van der Waals surface area contributed by atoms with Crippen LogP contribution in [0.15, 0.2) is 24.3 Å². The number of carbonyl (C=O) groups is 1. The van der Waals surface area contributed by atoms with Crippen LogP contribution in [-0.2, 0) is 11.3 Å². The summed E-state index contributed by atoms with van der Waals surface area (Å²) in [7, 11) is 1.64. The zero-order valence-electron chi connectivity index (χ0n) is 11.4.